The summed E-state index contributed by atoms with van der Waals surface area (Å²) < 4.78 is 0. The summed E-state index contributed by atoms with van der Waals surface area (Å²) in [4.78, 5) is 14.7. The molecule has 1 heterocycles. The van der Waals surface area contributed by atoms with Crippen LogP contribution >= 0.6 is 0 Å². The van der Waals surface area contributed by atoms with Crippen molar-refractivity contribution in [2.45, 2.75) is 26.7 Å². The molecule has 5 heteroatoms. The average Bonchev–Trinajstić information content (AvgIpc) is 2.47. The number of nitro benzene ring substituents is 1. The molecule has 106 valence electrons. The van der Waals surface area contributed by atoms with Crippen molar-refractivity contribution in [2.75, 3.05) is 11.9 Å². The Bertz CT molecular complexity index is 609. The normalized spacial score (nSPS) is 10.9. The molecule has 2 aromatic rings. The largest absolute Gasteiger partial charge is 0.384 e. The van der Waals surface area contributed by atoms with Gasteiger partial charge in [0.1, 0.15) is 0 Å². The van der Waals surface area contributed by atoms with Gasteiger partial charge in [-0.25, -0.2) is 0 Å². The number of rotatable bonds is 6. The number of non-ortho nitro benzene ring substituents is 1. The number of nitrogens with zero attached hydrogens (tertiary/aromatic N) is 2. The maximum atomic E-state index is 11.0. The number of fused-ring (bicyclic) bond motifs is 1. The minimum absolute atomic E-state index is 0.0983. The predicted molar refractivity (Wildman–Crippen MR) is 81.0 cm³/mol. The van der Waals surface area contributed by atoms with Gasteiger partial charge in [-0.1, -0.05) is 26.7 Å². The Kier molecular flexibility index (Phi) is 4.50. The molecular formula is C15H19N3O2. The van der Waals surface area contributed by atoms with Crippen LogP contribution in [0.4, 0.5) is 11.4 Å². The van der Waals surface area contributed by atoms with E-state index in [0.717, 1.165) is 30.5 Å². The summed E-state index contributed by atoms with van der Waals surface area (Å²) in [5.74, 6) is 0.613. The van der Waals surface area contributed by atoms with Crippen molar-refractivity contribution in [1.82, 2.24) is 4.98 Å². The van der Waals surface area contributed by atoms with Crippen LogP contribution in [-0.2, 0) is 0 Å². The number of nitrogens with one attached hydrogen (secondary N) is 1. The van der Waals surface area contributed by atoms with E-state index in [1.807, 2.05) is 6.07 Å². The van der Waals surface area contributed by atoms with E-state index in [2.05, 4.69) is 24.1 Å². The molecule has 0 amide bonds. The van der Waals surface area contributed by atoms with Crippen molar-refractivity contribution in [3.05, 3.63) is 40.7 Å². The number of aromatic nitrogens is 1. The lowest BCUT2D eigenvalue weighted by molar-refractivity contribution is -0.383. The van der Waals surface area contributed by atoms with Crippen LogP contribution in [0.1, 0.15) is 26.7 Å². The first kappa shape index (κ1) is 14.2. The molecule has 1 aromatic carbocycles. The van der Waals surface area contributed by atoms with Crippen molar-refractivity contribution in [3.8, 4) is 0 Å². The fourth-order valence-corrected chi connectivity index (χ4v) is 2.32. The van der Waals surface area contributed by atoms with E-state index in [-0.39, 0.29) is 10.6 Å². The smallest absolute Gasteiger partial charge is 0.278 e. The van der Waals surface area contributed by atoms with Gasteiger partial charge >= 0.3 is 0 Å². The summed E-state index contributed by atoms with van der Waals surface area (Å²) in [5, 5.41) is 15.9. The number of pyridine rings is 1. The topological polar surface area (TPSA) is 68.1 Å². The lowest BCUT2D eigenvalue weighted by atomic mass is 10.0. The van der Waals surface area contributed by atoms with E-state index < -0.39 is 0 Å². The van der Waals surface area contributed by atoms with Crippen LogP contribution in [0.25, 0.3) is 10.8 Å². The van der Waals surface area contributed by atoms with Crippen LogP contribution in [0.2, 0.25) is 0 Å². The van der Waals surface area contributed by atoms with Crippen molar-refractivity contribution in [3.63, 3.8) is 0 Å². The summed E-state index contributed by atoms with van der Waals surface area (Å²) in [6.45, 7) is 5.23. The third-order valence-electron chi connectivity index (χ3n) is 3.73. The number of benzene rings is 1. The van der Waals surface area contributed by atoms with Crippen LogP contribution in [-0.4, -0.2) is 16.5 Å². The Morgan fingerprint density at radius 1 is 1.25 bits per heavy atom. The van der Waals surface area contributed by atoms with E-state index in [0.29, 0.717) is 11.3 Å². The molecule has 0 aliphatic carbocycles. The van der Waals surface area contributed by atoms with E-state index in [1.165, 1.54) is 0 Å². The number of anilines is 1. The second-order valence-corrected chi connectivity index (χ2v) is 4.87. The molecular weight excluding hydrogens is 254 g/mol. The molecule has 0 fully saturated rings. The summed E-state index contributed by atoms with van der Waals surface area (Å²) in [6.07, 6.45) is 5.45. The van der Waals surface area contributed by atoms with Gasteiger partial charge in [0.2, 0.25) is 0 Å². The quantitative estimate of drug-likeness (QED) is 0.638. The molecule has 0 bridgehead atoms. The van der Waals surface area contributed by atoms with Crippen LogP contribution in [0, 0.1) is 16.0 Å². The number of hydrogen-bond donors (Lipinski definition) is 1. The Labute approximate surface area is 118 Å². The first-order valence-corrected chi connectivity index (χ1v) is 6.92. The predicted octanol–water partition coefficient (Wildman–Crippen LogP) is 3.99. The minimum atomic E-state index is -0.366. The van der Waals surface area contributed by atoms with Gasteiger partial charge < -0.3 is 5.32 Å². The first-order chi connectivity index (χ1) is 9.67. The number of nitro groups is 1. The minimum Gasteiger partial charge on any atom is -0.384 e. The van der Waals surface area contributed by atoms with Crippen molar-refractivity contribution in [2.24, 2.45) is 5.92 Å². The lowest BCUT2D eigenvalue weighted by Crippen LogP contribution is -2.13. The fourth-order valence-electron chi connectivity index (χ4n) is 2.32. The van der Waals surface area contributed by atoms with Gasteiger partial charge in [-0.15, -0.1) is 0 Å². The van der Waals surface area contributed by atoms with Crippen LogP contribution < -0.4 is 5.32 Å². The molecule has 0 saturated carbocycles. The molecule has 0 saturated heterocycles. The molecule has 0 spiro atoms. The molecule has 0 unspecified atom stereocenters. The second kappa shape index (κ2) is 6.32. The molecule has 5 nitrogen and oxygen atoms in total. The molecule has 0 radical (unpaired) electrons. The van der Waals surface area contributed by atoms with Gasteiger partial charge in [-0.05, 0) is 18.1 Å². The number of hydrogen-bond acceptors (Lipinski definition) is 4. The van der Waals surface area contributed by atoms with Gasteiger partial charge in [0.25, 0.3) is 5.69 Å². The molecule has 1 aromatic heterocycles. The molecule has 0 atom stereocenters. The zero-order chi connectivity index (χ0) is 14.5. The Morgan fingerprint density at radius 3 is 2.65 bits per heavy atom. The van der Waals surface area contributed by atoms with E-state index in [4.69, 9.17) is 0 Å². The molecule has 2 rings (SSSR count). The van der Waals surface area contributed by atoms with Crippen molar-refractivity contribution < 1.29 is 4.92 Å². The summed E-state index contributed by atoms with van der Waals surface area (Å²) >= 11 is 0. The Hall–Kier alpha value is -2.17. The summed E-state index contributed by atoms with van der Waals surface area (Å²) in [6, 6.07) is 5.14. The Balaban J connectivity index is 2.36. The SMILES string of the molecule is CCC(CC)CNc1ccc([N+](=O)[O-])c2cnccc12. The van der Waals surface area contributed by atoms with Gasteiger partial charge in [0.15, 0.2) is 0 Å². The fraction of sp³-hybridized carbons (Fsp3) is 0.400. The summed E-state index contributed by atoms with van der Waals surface area (Å²) in [5.41, 5.74) is 1.03. The highest BCUT2D eigenvalue weighted by Gasteiger charge is 2.14. The second-order valence-electron chi connectivity index (χ2n) is 4.87. The van der Waals surface area contributed by atoms with E-state index >= 15 is 0 Å². The van der Waals surface area contributed by atoms with E-state index in [9.17, 15) is 10.1 Å². The van der Waals surface area contributed by atoms with Gasteiger partial charge in [-0.2, -0.15) is 0 Å². The molecule has 1 N–H and O–H groups in total. The highest BCUT2D eigenvalue weighted by Crippen LogP contribution is 2.30. The Morgan fingerprint density at radius 2 is 2.00 bits per heavy atom. The highest BCUT2D eigenvalue weighted by atomic mass is 16.6. The van der Waals surface area contributed by atoms with Crippen molar-refractivity contribution >= 4 is 22.1 Å². The van der Waals surface area contributed by atoms with Crippen molar-refractivity contribution in [1.29, 1.82) is 0 Å². The maximum absolute atomic E-state index is 11.0. The monoisotopic (exact) mass is 273 g/mol. The third kappa shape index (κ3) is 2.87. The lowest BCUT2D eigenvalue weighted by Gasteiger charge is -2.15. The summed E-state index contributed by atoms with van der Waals surface area (Å²) in [7, 11) is 0. The van der Waals surface area contributed by atoms with E-state index in [1.54, 1.807) is 24.5 Å². The molecule has 0 aliphatic heterocycles. The van der Waals surface area contributed by atoms with Crippen LogP contribution in [0.5, 0.6) is 0 Å². The van der Waals surface area contributed by atoms with Crippen LogP contribution in [0.3, 0.4) is 0 Å². The standard InChI is InChI=1S/C15H19N3O2/c1-3-11(4-2)9-17-14-5-6-15(18(19)20)13-10-16-8-7-12(13)14/h5-8,10-11,17H,3-4,9H2,1-2H3. The van der Waals surface area contributed by atoms with Gasteiger partial charge in [0.05, 0.1) is 10.3 Å². The highest BCUT2D eigenvalue weighted by molar-refractivity contribution is 5.99. The first-order valence-electron chi connectivity index (χ1n) is 6.92. The zero-order valence-electron chi connectivity index (χ0n) is 11.8. The van der Waals surface area contributed by atoms with Gasteiger partial charge in [0, 0.05) is 36.1 Å². The zero-order valence-corrected chi connectivity index (χ0v) is 11.8. The van der Waals surface area contributed by atoms with Gasteiger partial charge in [-0.3, -0.25) is 15.1 Å². The van der Waals surface area contributed by atoms with Crippen LogP contribution in [0.15, 0.2) is 30.6 Å². The third-order valence-corrected chi connectivity index (χ3v) is 3.73. The average molecular weight is 273 g/mol. The maximum Gasteiger partial charge on any atom is 0.278 e. The molecule has 0 aliphatic rings. The molecule has 20 heavy (non-hydrogen) atoms.